The first-order valence-corrected chi connectivity index (χ1v) is 12.9. The lowest BCUT2D eigenvalue weighted by Gasteiger charge is -2.35. The van der Waals surface area contributed by atoms with Crippen molar-refractivity contribution >= 4 is 26.8 Å². The maximum Gasteiger partial charge on any atom is 0.250 e. The second-order valence-corrected chi connectivity index (χ2v) is 10.7. The molecule has 1 aromatic heterocycles. The molecule has 174 valence electrons. The van der Waals surface area contributed by atoms with E-state index in [1.807, 2.05) is 61.7 Å². The van der Waals surface area contributed by atoms with Gasteiger partial charge in [-0.15, -0.1) is 0 Å². The lowest BCUT2D eigenvalue weighted by molar-refractivity contribution is 0.100. The lowest BCUT2D eigenvalue weighted by atomic mass is 9.93. The molecule has 1 unspecified atom stereocenters. The molecule has 0 aliphatic carbocycles. The number of nitrogens with one attached hydrogen (secondary N) is 1. The van der Waals surface area contributed by atoms with E-state index >= 15 is 0 Å². The summed E-state index contributed by atoms with van der Waals surface area (Å²) in [5, 5.41) is 0.826. The zero-order chi connectivity index (χ0) is 23.9. The van der Waals surface area contributed by atoms with Crippen LogP contribution in [0.15, 0.2) is 77.8 Å². The van der Waals surface area contributed by atoms with Gasteiger partial charge in [0, 0.05) is 18.1 Å². The molecule has 1 amide bonds. The third-order valence-corrected chi connectivity index (χ3v) is 8.76. The number of carbonyl (C=O) groups is 1. The van der Waals surface area contributed by atoms with Crippen molar-refractivity contribution in [2.45, 2.75) is 37.1 Å². The minimum Gasteiger partial charge on any atom is -0.366 e. The van der Waals surface area contributed by atoms with Crippen LogP contribution in [-0.4, -0.2) is 30.2 Å². The summed E-state index contributed by atoms with van der Waals surface area (Å²) in [7, 11) is -3.70. The van der Waals surface area contributed by atoms with Gasteiger partial charge in [0.15, 0.2) is 0 Å². The molecule has 7 heteroatoms. The number of aromatic nitrogens is 1. The van der Waals surface area contributed by atoms with Gasteiger partial charge in [-0.1, -0.05) is 55.0 Å². The molecule has 3 aromatic carbocycles. The van der Waals surface area contributed by atoms with E-state index in [0.717, 1.165) is 40.5 Å². The number of rotatable bonds is 5. The second kappa shape index (κ2) is 8.74. The number of amides is 1. The van der Waals surface area contributed by atoms with E-state index in [4.69, 9.17) is 5.73 Å². The van der Waals surface area contributed by atoms with Gasteiger partial charge in [0.1, 0.15) is 0 Å². The largest absolute Gasteiger partial charge is 0.366 e. The Kier molecular flexibility index (Phi) is 5.75. The Morgan fingerprint density at radius 2 is 1.74 bits per heavy atom. The molecule has 1 fully saturated rings. The molecule has 34 heavy (non-hydrogen) atoms. The van der Waals surface area contributed by atoms with Crippen molar-refractivity contribution in [1.82, 2.24) is 9.29 Å². The lowest BCUT2D eigenvalue weighted by Crippen LogP contribution is -2.38. The van der Waals surface area contributed by atoms with E-state index in [1.54, 1.807) is 22.5 Å². The monoisotopic (exact) mass is 473 g/mol. The van der Waals surface area contributed by atoms with E-state index in [0.29, 0.717) is 28.9 Å². The summed E-state index contributed by atoms with van der Waals surface area (Å²) < 4.78 is 29.1. The van der Waals surface area contributed by atoms with Crippen molar-refractivity contribution in [2.75, 3.05) is 6.54 Å². The summed E-state index contributed by atoms with van der Waals surface area (Å²) in [6.07, 6.45) is 4.28. The number of aromatic amines is 1. The maximum absolute atomic E-state index is 13.8. The Morgan fingerprint density at radius 1 is 1.00 bits per heavy atom. The highest BCUT2D eigenvalue weighted by Gasteiger charge is 2.36. The van der Waals surface area contributed by atoms with Gasteiger partial charge in [-0.25, -0.2) is 8.42 Å². The number of fused-ring (bicyclic) bond motifs is 1. The third-order valence-electron chi connectivity index (χ3n) is 6.69. The van der Waals surface area contributed by atoms with Crippen LogP contribution in [0.5, 0.6) is 0 Å². The van der Waals surface area contributed by atoms with Crippen molar-refractivity contribution < 1.29 is 13.2 Å². The van der Waals surface area contributed by atoms with E-state index in [1.165, 1.54) is 0 Å². The van der Waals surface area contributed by atoms with Crippen LogP contribution in [0.1, 0.15) is 46.8 Å². The van der Waals surface area contributed by atoms with Crippen LogP contribution in [-0.2, 0) is 10.0 Å². The van der Waals surface area contributed by atoms with Crippen molar-refractivity contribution in [1.29, 1.82) is 0 Å². The van der Waals surface area contributed by atoms with Gasteiger partial charge < -0.3 is 10.7 Å². The summed E-state index contributed by atoms with van der Waals surface area (Å²) in [6.45, 7) is 2.28. The first-order chi connectivity index (χ1) is 16.4. The van der Waals surface area contributed by atoms with Gasteiger partial charge in [0.05, 0.1) is 22.0 Å². The Morgan fingerprint density at radius 3 is 2.47 bits per heavy atom. The Hall–Kier alpha value is -3.42. The Bertz CT molecular complexity index is 1480. The zero-order valence-corrected chi connectivity index (χ0v) is 19.8. The Balaban J connectivity index is 1.68. The standard InChI is InChI=1S/C27H27N3O3S/c1-18-9-5-6-13-25(18)34(32,33)30-14-8-7-12-24(30)23-17-29-26-21(23)15-20(16-22(26)27(28)31)19-10-3-2-4-11-19/h2-6,9-11,13,15-17,24,29H,7-8,12,14H2,1H3,(H2,28,31). The topological polar surface area (TPSA) is 96.3 Å². The molecule has 1 saturated heterocycles. The fourth-order valence-corrected chi connectivity index (χ4v) is 6.90. The quantitative estimate of drug-likeness (QED) is 0.419. The SMILES string of the molecule is Cc1ccccc1S(=O)(=O)N1CCCCC1c1c[nH]c2c(C(N)=O)cc(-c3ccccc3)cc12. The molecule has 6 nitrogen and oxygen atoms in total. The maximum atomic E-state index is 13.8. The van der Waals surface area contributed by atoms with Crippen LogP contribution in [0.4, 0.5) is 0 Å². The molecule has 0 radical (unpaired) electrons. The number of aryl methyl sites for hydroxylation is 1. The number of sulfonamides is 1. The minimum atomic E-state index is -3.70. The van der Waals surface area contributed by atoms with E-state index in [9.17, 15) is 13.2 Å². The average Bonchev–Trinajstić information content (AvgIpc) is 3.28. The van der Waals surface area contributed by atoms with Crippen molar-refractivity contribution in [3.05, 3.63) is 89.6 Å². The van der Waals surface area contributed by atoms with Crippen molar-refractivity contribution in [3.63, 3.8) is 0 Å². The molecule has 3 N–H and O–H groups in total. The van der Waals surface area contributed by atoms with Gasteiger partial charge in [0.25, 0.3) is 5.91 Å². The number of nitrogens with two attached hydrogens (primary N) is 1. The van der Waals surface area contributed by atoms with Crippen LogP contribution in [0.3, 0.4) is 0 Å². The summed E-state index contributed by atoms with van der Waals surface area (Å²) in [6, 6.07) is 20.4. The predicted octanol–water partition coefficient (Wildman–Crippen LogP) is 5.16. The highest BCUT2D eigenvalue weighted by Crippen LogP contribution is 2.40. The molecule has 1 aliphatic heterocycles. The van der Waals surface area contributed by atoms with Crippen LogP contribution in [0.25, 0.3) is 22.0 Å². The van der Waals surface area contributed by atoms with Gasteiger partial charge in [-0.2, -0.15) is 4.31 Å². The molecular weight excluding hydrogens is 446 g/mol. The van der Waals surface area contributed by atoms with Gasteiger partial charge in [-0.3, -0.25) is 4.79 Å². The van der Waals surface area contributed by atoms with Crippen molar-refractivity contribution in [3.8, 4) is 11.1 Å². The number of benzene rings is 3. The summed E-state index contributed by atoms with van der Waals surface area (Å²) >= 11 is 0. The number of primary amides is 1. The number of hydrogen-bond donors (Lipinski definition) is 2. The molecule has 1 aliphatic rings. The normalized spacial score (nSPS) is 17.1. The fraction of sp³-hybridized carbons (Fsp3) is 0.222. The number of carbonyl (C=O) groups excluding carboxylic acids is 1. The second-order valence-electron chi connectivity index (χ2n) is 8.81. The van der Waals surface area contributed by atoms with Gasteiger partial charge in [0.2, 0.25) is 10.0 Å². The van der Waals surface area contributed by atoms with Crippen LogP contribution < -0.4 is 5.73 Å². The molecule has 4 aromatic rings. The number of piperidine rings is 1. The number of hydrogen-bond acceptors (Lipinski definition) is 3. The average molecular weight is 474 g/mol. The van der Waals surface area contributed by atoms with Crippen LogP contribution in [0.2, 0.25) is 0 Å². The van der Waals surface area contributed by atoms with Crippen LogP contribution in [0, 0.1) is 6.92 Å². The first kappa shape index (κ1) is 22.4. The smallest absolute Gasteiger partial charge is 0.250 e. The molecule has 1 atom stereocenters. The summed E-state index contributed by atoms with van der Waals surface area (Å²) in [4.78, 5) is 15.9. The molecular formula is C27H27N3O3S. The van der Waals surface area contributed by atoms with Gasteiger partial charge >= 0.3 is 0 Å². The van der Waals surface area contributed by atoms with E-state index in [2.05, 4.69) is 4.98 Å². The van der Waals surface area contributed by atoms with Crippen LogP contribution >= 0.6 is 0 Å². The van der Waals surface area contributed by atoms with E-state index < -0.39 is 15.9 Å². The third kappa shape index (κ3) is 3.81. The zero-order valence-electron chi connectivity index (χ0n) is 19.0. The Labute approximate surface area is 199 Å². The van der Waals surface area contributed by atoms with Crippen molar-refractivity contribution in [2.24, 2.45) is 5.73 Å². The molecule has 2 heterocycles. The minimum absolute atomic E-state index is 0.334. The summed E-state index contributed by atoms with van der Waals surface area (Å²) in [5.74, 6) is -0.524. The molecule has 0 saturated carbocycles. The highest BCUT2D eigenvalue weighted by molar-refractivity contribution is 7.89. The van der Waals surface area contributed by atoms with E-state index in [-0.39, 0.29) is 6.04 Å². The number of nitrogens with zero attached hydrogens (tertiary/aromatic N) is 1. The fourth-order valence-electron chi connectivity index (χ4n) is 5.00. The first-order valence-electron chi connectivity index (χ1n) is 11.5. The number of H-pyrrole nitrogens is 1. The molecule has 5 rings (SSSR count). The molecule has 0 spiro atoms. The van der Waals surface area contributed by atoms with Gasteiger partial charge in [-0.05, 0) is 60.2 Å². The predicted molar refractivity (Wildman–Crippen MR) is 134 cm³/mol. The molecule has 0 bridgehead atoms. The summed E-state index contributed by atoms with van der Waals surface area (Å²) in [5.41, 5.74) is 10.2. The highest BCUT2D eigenvalue weighted by atomic mass is 32.2.